The second kappa shape index (κ2) is 5.04. The van der Waals surface area contributed by atoms with Gasteiger partial charge in [-0.1, -0.05) is 0 Å². The average Bonchev–Trinajstić information content (AvgIpc) is 2.26. The van der Waals surface area contributed by atoms with Crippen LogP contribution in [0.3, 0.4) is 0 Å². The Morgan fingerprint density at radius 2 is 2.06 bits per heavy atom. The number of carbonyl (C=O) groups excluding carboxylic acids is 2. The molecule has 3 N–H and O–H groups in total. The Morgan fingerprint density at radius 1 is 1.29 bits per heavy atom. The van der Waals surface area contributed by atoms with Gasteiger partial charge < -0.3 is 15.8 Å². The molecule has 1 unspecified atom stereocenters. The highest BCUT2D eigenvalue weighted by Gasteiger charge is 2.41. The summed E-state index contributed by atoms with van der Waals surface area (Å²) in [5.74, 6) is -0.430. The van der Waals surface area contributed by atoms with Crippen molar-refractivity contribution in [2.24, 2.45) is 5.73 Å². The number of hydrogen-bond donors (Lipinski definition) is 2. The molecule has 2 rings (SSSR count). The molecule has 0 aromatic carbocycles. The molecule has 5 nitrogen and oxygen atoms in total. The van der Waals surface area contributed by atoms with Crippen LogP contribution < -0.4 is 11.1 Å². The van der Waals surface area contributed by atoms with E-state index in [-0.39, 0.29) is 29.9 Å². The van der Waals surface area contributed by atoms with Crippen LogP contribution in [-0.2, 0) is 14.3 Å². The molecule has 0 aromatic rings. The number of nitrogens with one attached hydrogen (secondary N) is 1. The fourth-order valence-corrected chi connectivity index (χ4v) is 2.57. The average molecular weight is 240 g/mol. The van der Waals surface area contributed by atoms with Crippen LogP contribution in [0.1, 0.15) is 44.9 Å². The maximum atomic E-state index is 12.0. The van der Waals surface area contributed by atoms with Crippen molar-refractivity contribution >= 4 is 11.8 Å². The van der Waals surface area contributed by atoms with Gasteiger partial charge in [-0.15, -0.1) is 0 Å². The quantitative estimate of drug-likeness (QED) is 0.749. The van der Waals surface area contributed by atoms with Crippen molar-refractivity contribution in [1.29, 1.82) is 0 Å². The fourth-order valence-electron chi connectivity index (χ4n) is 2.57. The normalized spacial score (nSPS) is 26.9. The minimum atomic E-state index is -0.385. The second-order valence-corrected chi connectivity index (χ2v) is 5.12. The van der Waals surface area contributed by atoms with Gasteiger partial charge in [0.2, 0.25) is 11.8 Å². The standard InChI is InChI=1S/C12H20N2O3/c13-10(15)8-12(5-3-6-12)14-11(16)9-4-1-2-7-17-9/h9H,1-8H2,(H2,13,15)(H,14,16). The molecule has 96 valence electrons. The van der Waals surface area contributed by atoms with Gasteiger partial charge in [0.15, 0.2) is 0 Å². The molecule has 2 amide bonds. The Morgan fingerprint density at radius 3 is 2.53 bits per heavy atom. The number of amides is 2. The summed E-state index contributed by atoms with van der Waals surface area (Å²) < 4.78 is 5.43. The SMILES string of the molecule is NC(=O)CC1(NC(=O)C2CCCCO2)CCC1. The zero-order valence-corrected chi connectivity index (χ0v) is 10.0. The van der Waals surface area contributed by atoms with E-state index in [2.05, 4.69) is 5.32 Å². The van der Waals surface area contributed by atoms with E-state index in [1.165, 1.54) is 0 Å². The zero-order valence-electron chi connectivity index (χ0n) is 10.0. The second-order valence-electron chi connectivity index (χ2n) is 5.12. The van der Waals surface area contributed by atoms with E-state index in [0.717, 1.165) is 38.5 Å². The summed E-state index contributed by atoms with van der Waals surface area (Å²) in [6, 6.07) is 0. The van der Waals surface area contributed by atoms with Crippen molar-refractivity contribution in [2.45, 2.75) is 56.6 Å². The van der Waals surface area contributed by atoms with E-state index >= 15 is 0 Å². The highest BCUT2D eigenvalue weighted by Crippen LogP contribution is 2.35. The maximum Gasteiger partial charge on any atom is 0.249 e. The van der Waals surface area contributed by atoms with E-state index < -0.39 is 0 Å². The highest BCUT2D eigenvalue weighted by atomic mass is 16.5. The largest absolute Gasteiger partial charge is 0.370 e. The van der Waals surface area contributed by atoms with Crippen LogP contribution in [0.25, 0.3) is 0 Å². The van der Waals surface area contributed by atoms with Crippen molar-refractivity contribution < 1.29 is 14.3 Å². The molecule has 0 bridgehead atoms. The number of nitrogens with two attached hydrogens (primary N) is 1. The molecule has 0 spiro atoms. The van der Waals surface area contributed by atoms with Crippen LogP contribution >= 0.6 is 0 Å². The number of primary amides is 1. The topological polar surface area (TPSA) is 81.4 Å². The summed E-state index contributed by atoms with van der Waals surface area (Å²) in [5.41, 5.74) is 4.84. The van der Waals surface area contributed by atoms with Gasteiger partial charge in [-0.25, -0.2) is 0 Å². The number of hydrogen-bond acceptors (Lipinski definition) is 3. The third-order valence-electron chi connectivity index (χ3n) is 3.68. The van der Waals surface area contributed by atoms with E-state index in [9.17, 15) is 9.59 Å². The van der Waals surface area contributed by atoms with Crippen molar-refractivity contribution in [3.8, 4) is 0 Å². The van der Waals surface area contributed by atoms with Crippen LogP contribution in [0.4, 0.5) is 0 Å². The van der Waals surface area contributed by atoms with Gasteiger partial charge in [0, 0.05) is 18.6 Å². The van der Waals surface area contributed by atoms with Gasteiger partial charge in [-0.3, -0.25) is 9.59 Å². The molecule has 1 aliphatic heterocycles. The minimum Gasteiger partial charge on any atom is -0.370 e. The lowest BCUT2D eigenvalue weighted by molar-refractivity contribution is -0.139. The summed E-state index contributed by atoms with van der Waals surface area (Å²) in [5, 5.41) is 2.97. The van der Waals surface area contributed by atoms with Gasteiger partial charge in [0.1, 0.15) is 6.10 Å². The maximum absolute atomic E-state index is 12.0. The molecule has 5 heteroatoms. The molecule has 2 aliphatic rings. The van der Waals surface area contributed by atoms with E-state index in [1.807, 2.05) is 0 Å². The smallest absolute Gasteiger partial charge is 0.249 e. The summed E-state index contributed by atoms with van der Waals surface area (Å²) >= 11 is 0. The first kappa shape index (κ1) is 12.4. The number of carbonyl (C=O) groups is 2. The monoisotopic (exact) mass is 240 g/mol. The van der Waals surface area contributed by atoms with Crippen molar-refractivity contribution in [1.82, 2.24) is 5.32 Å². The Balaban J connectivity index is 1.89. The Bertz CT molecular complexity index is 307. The van der Waals surface area contributed by atoms with E-state index in [0.29, 0.717) is 6.61 Å². The lowest BCUT2D eigenvalue weighted by Gasteiger charge is -2.42. The molecule has 1 saturated carbocycles. The lowest BCUT2D eigenvalue weighted by Crippen LogP contribution is -2.58. The first-order chi connectivity index (χ1) is 8.11. The summed E-state index contributed by atoms with van der Waals surface area (Å²) in [7, 11) is 0. The molecule has 1 atom stereocenters. The minimum absolute atomic E-state index is 0.0781. The third kappa shape index (κ3) is 2.97. The Labute approximate surface area is 101 Å². The Kier molecular flexibility index (Phi) is 3.66. The van der Waals surface area contributed by atoms with Crippen LogP contribution in [0.15, 0.2) is 0 Å². The first-order valence-electron chi connectivity index (χ1n) is 6.33. The number of ether oxygens (including phenoxy) is 1. The predicted octanol–water partition coefficient (Wildman–Crippen LogP) is 0.470. The van der Waals surface area contributed by atoms with Gasteiger partial charge in [-0.05, 0) is 38.5 Å². The van der Waals surface area contributed by atoms with Gasteiger partial charge >= 0.3 is 0 Å². The molecule has 2 fully saturated rings. The van der Waals surface area contributed by atoms with Gasteiger partial charge in [0.05, 0.1) is 0 Å². The molecule has 0 radical (unpaired) electrons. The third-order valence-corrected chi connectivity index (χ3v) is 3.68. The molecular formula is C12H20N2O3. The predicted molar refractivity (Wildman–Crippen MR) is 62.1 cm³/mol. The lowest BCUT2D eigenvalue weighted by atomic mass is 9.74. The van der Waals surface area contributed by atoms with Crippen molar-refractivity contribution in [3.63, 3.8) is 0 Å². The highest BCUT2D eigenvalue weighted by molar-refractivity contribution is 5.83. The van der Waals surface area contributed by atoms with Gasteiger partial charge in [-0.2, -0.15) is 0 Å². The van der Waals surface area contributed by atoms with E-state index in [4.69, 9.17) is 10.5 Å². The molecular weight excluding hydrogens is 220 g/mol. The summed E-state index contributed by atoms with van der Waals surface area (Å²) in [6.45, 7) is 0.654. The Hall–Kier alpha value is -1.10. The van der Waals surface area contributed by atoms with Gasteiger partial charge in [0.25, 0.3) is 0 Å². The summed E-state index contributed by atoms with van der Waals surface area (Å²) in [4.78, 5) is 23.0. The van der Waals surface area contributed by atoms with Crippen molar-refractivity contribution in [2.75, 3.05) is 6.61 Å². The van der Waals surface area contributed by atoms with Crippen molar-refractivity contribution in [3.05, 3.63) is 0 Å². The zero-order chi connectivity index (χ0) is 12.3. The first-order valence-corrected chi connectivity index (χ1v) is 6.33. The number of rotatable bonds is 4. The fraction of sp³-hybridized carbons (Fsp3) is 0.833. The molecule has 1 aliphatic carbocycles. The molecule has 0 aromatic heterocycles. The molecule has 1 heterocycles. The van der Waals surface area contributed by atoms with Crippen LogP contribution in [0.5, 0.6) is 0 Å². The van der Waals surface area contributed by atoms with Crippen LogP contribution in [0, 0.1) is 0 Å². The molecule has 1 saturated heterocycles. The summed E-state index contributed by atoms with van der Waals surface area (Å²) in [6.07, 6.45) is 5.46. The van der Waals surface area contributed by atoms with Crippen LogP contribution in [-0.4, -0.2) is 30.1 Å². The van der Waals surface area contributed by atoms with Crippen LogP contribution in [0.2, 0.25) is 0 Å². The molecule has 17 heavy (non-hydrogen) atoms. The van der Waals surface area contributed by atoms with E-state index in [1.54, 1.807) is 0 Å².